The van der Waals surface area contributed by atoms with Crippen LogP contribution < -0.4 is 4.57 Å². The number of alkyl halides is 3. The maximum Gasteiger partial charge on any atom is 0.485 e. The Labute approximate surface area is 181 Å². The molecule has 0 saturated carbocycles. The van der Waals surface area contributed by atoms with Gasteiger partial charge in [0, 0.05) is 17.7 Å². The van der Waals surface area contributed by atoms with Crippen molar-refractivity contribution < 1.29 is 30.7 Å². The molecule has 0 N–H and O–H groups in total. The summed E-state index contributed by atoms with van der Waals surface area (Å²) in [6.45, 7) is 0. The number of rotatable bonds is 3. The molecular weight excluding hydrogens is 447 g/mol. The van der Waals surface area contributed by atoms with Crippen LogP contribution in [0.1, 0.15) is 0 Å². The second kappa shape index (κ2) is 9.42. The van der Waals surface area contributed by atoms with E-state index in [1.165, 1.54) is 27.5 Å². The smallest absolute Gasteiger partial charge is 0.485 e. The van der Waals surface area contributed by atoms with Crippen LogP contribution in [0.25, 0.3) is 27.5 Å². The van der Waals surface area contributed by atoms with E-state index in [2.05, 4.69) is 101 Å². The molecule has 31 heavy (non-hydrogen) atoms. The lowest BCUT2D eigenvalue weighted by Crippen LogP contribution is -2.33. The van der Waals surface area contributed by atoms with Crippen LogP contribution in [-0.2, 0) is 10.1 Å². The Morgan fingerprint density at radius 2 is 1.16 bits per heavy atom. The van der Waals surface area contributed by atoms with Crippen LogP contribution >= 0.6 is 11.3 Å². The summed E-state index contributed by atoms with van der Waals surface area (Å²) in [4.78, 5) is 0. The number of thiazole rings is 1. The summed E-state index contributed by atoms with van der Waals surface area (Å²) in [5, 5.41) is 3.49. The molecule has 4 rings (SSSR count). The minimum Gasteiger partial charge on any atom is -0.741 e. The van der Waals surface area contributed by atoms with Crippen molar-refractivity contribution in [2.24, 2.45) is 0 Å². The van der Waals surface area contributed by atoms with Gasteiger partial charge in [0.1, 0.15) is 0 Å². The molecule has 9 heteroatoms. The van der Waals surface area contributed by atoms with E-state index in [0.717, 1.165) is 0 Å². The van der Waals surface area contributed by atoms with Crippen molar-refractivity contribution in [3.05, 3.63) is 96.4 Å². The molecule has 0 aliphatic rings. The van der Waals surface area contributed by atoms with Gasteiger partial charge in [-0.05, 0) is 24.3 Å². The van der Waals surface area contributed by atoms with Crippen molar-refractivity contribution in [1.82, 2.24) is 0 Å². The van der Waals surface area contributed by atoms with E-state index in [4.69, 9.17) is 13.0 Å². The highest BCUT2D eigenvalue weighted by molar-refractivity contribution is 7.86. The molecule has 0 spiro atoms. The fourth-order valence-corrected chi connectivity index (χ4v) is 3.79. The van der Waals surface area contributed by atoms with Gasteiger partial charge in [-0.1, -0.05) is 65.9 Å². The van der Waals surface area contributed by atoms with Crippen LogP contribution in [0.4, 0.5) is 13.2 Å². The molecule has 1 heterocycles. The second-order valence-corrected chi connectivity index (χ2v) is 8.46. The maximum absolute atomic E-state index is 10.7. The van der Waals surface area contributed by atoms with Gasteiger partial charge < -0.3 is 4.55 Å². The third-order valence-electron chi connectivity index (χ3n) is 4.11. The van der Waals surface area contributed by atoms with Gasteiger partial charge in [-0.2, -0.15) is 13.2 Å². The molecule has 4 nitrogen and oxygen atoms in total. The molecule has 0 atom stereocenters. The van der Waals surface area contributed by atoms with Gasteiger partial charge >= 0.3 is 5.51 Å². The predicted molar refractivity (Wildman–Crippen MR) is 112 cm³/mol. The molecule has 0 fully saturated rings. The normalized spacial score (nSPS) is 11.5. The van der Waals surface area contributed by atoms with Gasteiger partial charge in [-0.15, -0.1) is 4.57 Å². The quantitative estimate of drug-likeness (QED) is 0.232. The second-order valence-electron chi connectivity index (χ2n) is 6.23. The first-order chi connectivity index (χ1) is 14.7. The first-order valence-electron chi connectivity index (χ1n) is 8.90. The van der Waals surface area contributed by atoms with Crippen molar-refractivity contribution >= 4 is 21.5 Å². The molecule has 160 valence electrons. The Bertz CT molecular complexity index is 1170. The Kier molecular flexibility index (Phi) is 6.89. The number of aromatic nitrogens is 1. The summed E-state index contributed by atoms with van der Waals surface area (Å²) >= 11 is 1.78. The molecule has 0 bridgehead atoms. The molecule has 0 saturated heterocycles. The first kappa shape index (κ1) is 22.7. The first-order valence-corrected chi connectivity index (χ1v) is 11.2. The summed E-state index contributed by atoms with van der Waals surface area (Å²) in [6.07, 6.45) is 0. The molecule has 4 aromatic rings. The summed E-state index contributed by atoms with van der Waals surface area (Å²) in [6, 6.07) is 31.7. The lowest BCUT2D eigenvalue weighted by molar-refractivity contribution is -0.567. The number of para-hydroxylation sites is 1. The average Bonchev–Trinajstić information content (AvgIpc) is 3.20. The fraction of sp³-hybridized carbons (Fsp3) is 0.0455. The third-order valence-corrected chi connectivity index (χ3v) is 5.66. The van der Waals surface area contributed by atoms with E-state index in [0.29, 0.717) is 0 Å². The number of nitrogens with zero attached hydrogens (tertiary/aromatic N) is 1. The zero-order valence-corrected chi connectivity index (χ0v) is 17.5. The standard InChI is InChI=1S/C21H16NS.CHF3O3S/c1-4-10-17(11-5-1)20-16-23-21(18-12-6-2-7-13-18)22(20)19-14-8-3-9-15-19;2-1(3,4)8(5,6)7/h1-16H;(H,5,6,7)/q+1;/p-1. The summed E-state index contributed by atoms with van der Waals surface area (Å²) in [5.41, 5.74) is -0.766. The zero-order chi connectivity index (χ0) is 22.5. The van der Waals surface area contributed by atoms with E-state index >= 15 is 0 Å². The number of halogens is 3. The van der Waals surface area contributed by atoms with Crippen molar-refractivity contribution in [3.8, 4) is 27.5 Å². The third kappa shape index (κ3) is 5.57. The van der Waals surface area contributed by atoms with Crippen LogP contribution in [-0.4, -0.2) is 18.5 Å². The molecule has 0 aliphatic carbocycles. The Balaban J connectivity index is 0.000000293. The Hall–Kier alpha value is -3.01. The summed E-state index contributed by atoms with van der Waals surface area (Å²) < 4.78 is 61.2. The van der Waals surface area contributed by atoms with E-state index in [1.807, 2.05) is 0 Å². The van der Waals surface area contributed by atoms with Crippen LogP contribution in [0.2, 0.25) is 0 Å². The Morgan fingerprint density at radius 3 is 1.61 bits per heavy atom. The van der Waals surface area contributed by atoms with Gasteiger partial charge in [0.2, 0.25) is 11.4 Å². The fourth-order valence-electron chi connectivity index (χ4n) is 2.74. The Morgan fingerprint density at radius 1 is 0.742 bits per heavy atom. The summed E-state index contributed by atoms with van der Waals surface area (Å²) in [7, 11) is -6.09. The van der Waals surface area contributed by atoms with E-state index in [1.54, 1.807) is 11.3 Å². The predicted octanol–water partition coefficient (Wildman–Crippen LogP) is 5.41. The maximum atomic E-state index is 10.7. The molecular formula is C22H16F3NO3S2. The molecule has 0 radical (unpaired) electrons. The van der Waals surface area contributed by atoms with Gasteiger partial charge in [0.25, 0.3) is 5.01 Å². The molecule has 0 aliphatic heterocycles. The van der Waals surface area contributed by atoms with Gasteiger partial charge in [-0.3, -0.25) is 0 Å². The van der Waals surface area contributed by atoms with E-state index in [-0.39, 0.29) is 0 Å². The van der Waals surface area contributed by atoms with Gasteiger partial charge in [-0.25, -0.2) is 8.42 Å². The lowest BCUT2D eigenvalue weighted by Gasteiger charge is -2.08. The zero-order valence-electron chi connectivity index (χ0n) is 15.9. The lowest BCUT2D eigenvalue weighted by atomic mass is 10.1. The highest BCUT2D eigenvalue weighted by atomic mass is 32.2. The topological polar surface area (TPSA) is 61.1 Å². The molecule has 3 aromatic carbocycles. The van der Waals surface area contributed by atoms with Crippen LogP contribution in [0.5, 0.6) is 0 Å². The number of hydrogen-bond donors (Lipinski definition) is 0. The van der Waals surface area contributed by atoms with Crippen molar-refractivity contribution in [1.29, 1.82) is 0 Å². The monoisotopic (exact) mass is 463 g/mol. The molecule has 1 aromatic heterocycles. The molecule has 0 amide bonds. The minimum atomic E-state index is -6.09. The SMILES string of the molecule is O=S(=O)([O-])C(F)(F)F.c1ccc(-c2csc(-c3ccccc3)[n+]2-c2ccccc2)cc1. The average molecular weight is 464 g/mol. The number of benzene rings is 3. The molecule has 0 unspecified atom stereocenters. The largest absolute Gasteiger partial charge is 0.741 e. The van der Waals surface area contributed by atoms with Crippen molar-refractivity contribution in [3.63, 3.8) is 0 Å². The van der Waals surface area contributed by atoms with Crippen LogP contribution in [0.3, 0.4) is 0 Å². The van der Waals surface area contributed by atoms with E-state index in [9.17, 15) is 13.2 Å². The minimum absolute atomic E-state index is 1.19. The van der Waals surface area contributed by atoms with Crippen LogP contribution in [0.15, 0.2) is 96.4 Å². The number of hydrogen-bond acceptors (Lipinski definition) is 4. The van der Waals surface area contributed by atoms with Gasteiger partial charge in [0.05, 0.1) is 10.9 Å². The van der Waals surface area contributed by atoms with Crippen molar-refractivity contribution in [2.45, 2.75) is 5.51 Å². The highest BCUT2D eigenvalue weighted by Gasteiger charge is 2.36. The van der Waals surface area contributed by atoms with Crippen LogP contribution in [0, 0.1) is 0 Å². The van der Waals surface area contributed by atoms with Gasteiger partial charge in [0.15, 0.2) is 10.1 Å². The van der Waals surface area contributed by atoms with E-state index < -0.39 is 15.6 Å². The van der Waals surface area contributed by atoms with Crippen molar-refractivity contribution in [2.75, 3.05) is 0 Å². The highest BCUT2D eigenvalue weighted by Crippen LogP contribution is 2.28. The summed E-state index contributed by atoms with van der Waals surface area (Å²) in [5.74, 6) is 0.